The van der Waals surface area contributed by atoms with Crippen LogP contribution in [0.5, 0.6) is 0 Å². The van der Waals surface area contributed by atoms with E-state index in [0.717, 1.165) is 16.4 Å². The van der Waals surface area contributed by atoms with Crippen LogP contribution in [0, 0.1) is 6.92 Å². The molecule has 0 spiro atoms. The summed E-state index contributed by atoms with van der Waals surface area (Å²) in [6, 6.07) is 6.22. The summed E-state index contributed by atoms with van der Waals surface area (Å²) in [4.78, 5) is 4.56. The highest BCUT2D eigenvalue weighted by Crippen LogP contribution is 2.37. The number of hydrogen-bond acceptors (Lipinski definition) is 4. The van der Waals surface area contributed by atoms with Crippen LogP contribution in [-0.2, 0) is 0 Å². The van der Waals surface area contributed by atoms with Gasteiger partial charge in [-0.1, -0.05) is 0 Å². The number of halogens is 3. The average molecular weight is 318 g/mol. The molecule has 2 rings (SSSR count). The number of thioether (sulfide) groups is 1. The number of hydrogen-bond donors (Lipinski definition) is 1. The molecular weight excluding hydrogens is 305 g/mol. The second-order valence-electron chi connectivity index (χ2n) is 4.23. The molecule has 1 aromatic heterocycles. The zero-order chi connectivity index (χ0) is 14.8. The minimum atomic E-state index is -4.25. The van der Waals surface area contributed by atoms with Gasteiger partial charge in [-0.15, -0.1) is 11.3 Å². The molecule has 1 atom stereocenters. The van der Waals surface area contributed by atoms with Crippen LogP contribution in [0.2, 0.25) is 0 Å². The Morgan fingerprint density at radius 2 is 1.90 bits per heavy atom. The number of thiazole rings is 1. The van der Waals surface area contributed by atoms with Gasteiger partial charge in [0.05, 0.1) is 16.7 Å². The van der Waals surface area contributed by atoms with Crippen LogP contribution in [0.15, 0.2) is 34.5 Å². The van der Waals surface area contributed by atoms with E-state index in [0.29, 0.717) is 0 Å². The maximum atomic E-state index is 12.2. The quantitative estimate of drug-likeness (QED) is 0.781. The molecule has 0 bridgehead atoms. The van der Waals surface area contributed by atoms with Gasteiger partial charge >= 0.3 is 5.51 Å². The third kappa shape index (κ3) is 4.42. The molecule has 0 aliphatic rings. The van der Waals surface area contributed by atoms with Crippen LogP contribution in [0.25, 0.3) is 0 Å². The van der Waals surface area contributed by atoms with Gasteiger partial charge < -0.3 is 5.32 Å². The molecule has 1 unspecified atom stereocenters. The van der Waals surface area contributed by atoms with Gasteiger partial charge in [-0.3, -0.25) is 0 Å². The average Bonchev–Trinajstić information content (AvgIpc) is 2.77. The van der Waals surface area contributed by atoms with Crippen molar-refractivity contribution in [1.82, 2.24) is 4.98 Å². The predicted octanol–water partition coefficient (Wildman–Crippen LogP) is 5.24. The fourth-order valence-corrected chi connectivity index (χ4v) is 2.90. The zero-order valence-corrected chi connectivity index (χ0v) is 12.5. The zero-order valence-electron chi connectivity index (χ0n) is 10.9. The first kappa shape index (κ1) is 15.2. The van der Waals surface area contributed by atoms with Gasteiger partial charge in [-0.25, -0.2) is 4.98 Å². The van der Waals surface area contributed by atoms with E-state index in [1.165, 1.54) is 12.1 Å². The molecule has 0 amide bonds. The highest BCUT2D eigenvalue weighted by atomic mass is 32.2. The van der Waals surface area contributed by atoms with E-state index in [2.05, 4.69) is 10.3 Å². The highest BCUT2D eigenvalue weighted by Gasteiger charge is 2.29. The van der Waals surface area contributed by atoms with Crippen LogP contribution in [0.4, 0.5) is 18.9 Å². The lowest BCUT2D eigenvalue weighted by Gasteiger charge is -2.13. The van der Waals surface area contributed by atoms with E-state index in [-0.39, 0.29) is 22.7 Å². The lowest BCUT2D eigenvalue weighted by atomic mass is 10.2. The van der Waals surface area contributed by atoms with E-state index in [4.69, 9.17) is 0 Å². The van der Waals surface area contributed by atoms with Crippen molar-refractivity contribution in [2.75, 3.05) is 5.32 Å². The van der Waals surface area contributed by atoms with Gasteiger partial charge in [0.2, 0.25) is 0 Å². The molecule has 0 saturated carbocycles. The highest BCUT2D eigenvalue weighted by molar-refractivity contribution is 8.00. The summed E-state index contributed by atoms with van der Waals surface area (Å²) in [6.45, 7) is 3.90. The lowest BCUT2D eigenvalue weighted by Crippen LogP contribution is -2.07. The van der Waals surface area contributed by atoms with Crippen molar-refractivity contribution in [2.24, 2.45) is 0 Å². The first-order valence-electron chi connectivity index (χ1n) is 5.88. The molecule has 1 heterocycles. The summed E-state index contributed by atoms with van der Waals surface area (Å²) in [5.41, 5.74) is -2.55. The van der Waals surface area contributed by atoms with Crippen molar-refractivity contribution in [3.05, 3.63) is 40.3 Å². The summed E-state index contributed by atoms with van der Waals surface area (Å²) in [5.74, 6) is 0. The smallest absolute Gasteiger partial charge is 0.377 e. The molecule has 0 fully saturated rings. The van der Waals surface area contributed by atoms with Crippen molar-refractivity contribution >= 4 is 28.8 Å². The third-order valence-corrected chi connectivity index (χ3v) is 4.08. The molecule has 0 saturated heterocycles. The fourth-order valence-electron chi connectivity index (χ4n) is 1.66. The topological polar surface area (TPSA) is 24.9 Å². The number of anilines is 1. The van der Waals surface area contributed by atoms with Gasteiger partial charge in [0.1, 0.15) is 0 Å². The molecule has 1 aromatic carbocycles. The normalized spacial score (nSPS) is 13.2. The first-order valence-corrected chi connectivity index (χ1v) is 7.57. The number of alkyl halides is 3. The summed E-state index contributed by atoms with van der Waals surface area (Å²) >= 11 is 1.46. The minimum absolute atomic E-state index is 0.0149. The number of aromatic nitrogens is 1. The van der Waals surface area contributed by atoms with Crippen molar-refractivity contribution < 1.29 is 13.2 Å². The predicted molar refractivity (Wildman–Crippen MR) is 77.2 cm³/mol. The second-order valence-corrected chi connectivity index (χ2v) is 6.43. The van der Waals surface area contributed by atoms with Gasteiger partial charge in [-0.05, 0) is 49.9 Å². The van der Waals surface area contributed by atoms with E-state index in [9.17, 15) is 13.2 Å². The molecule has 108 valence electrons. The largest absolute Gasteiger partial charge is 0.446 e. The van der Waals surface area contributed by atoms with Crippen LogP contribution >= 0.6 is 23.1 Å². The molecular formula is C13H13F3N2S2. The molecule has 2 nitrogen and oxygen atoms in total. The summed E-state index contributed by atoms with van der Waals surface area (Å²) in [7, 11) is 0. The standard InChI is InChI=1S/C13H13F3N2S2/c1-8(12-7-19-9(2)18-12)17-10-3-5-11(6-4-10)20-13(14,15)16/h3-8,17H,1-2H3. The minimum Gasteiger partial charge on any atom is -0.377 e. The maximum Gasteiger partial charge on any atom is 0.446 e. The van der Waals surface area contributed by atoms with Crippen LogP contribution in [0.1, 0.15) is 23.7 Å². The second kappa shape index (κ2) is 6.05. The summed E-state index contributed by atoms with van der Waals surface area (Å²) < 4.78 is 36.6. The van der Waals surface area contributed by atoms with E-state index >= 15 is 0 Å². The molecule has 2 aromatic rings. The molecule has 7 heteroatoms. The Bertz CT molecular complexity index is 564. The van der Waals surface area contributed by atoms with E-state index in [1.807, 2.05) is 19.2 Å². The van der Waals surface area contributed by atoms with Crippen LogP contribution in [-0.4, -0.2) is 10.5 Å². The summed E-state index contributed by atoms with van der Waals surface area (Å²) in [5, 5.41) is 6.18. The van der Waals surface area contributed by atoms with E-state index < -0.39 is 5.51 Å². The Balaban J connectivity index is 2.00. The van der Waals surface area contributed by atoms with Crippen molar-refractivity contribution in [3.63, 3.8) is 0 Å². The monoisotopic (exact) mass is 318 g/mol. The van der Waals surface area contributed by atoms with Crippen molar-refractivity contribution in [2.45, 2.75) is 30.3 Å². The Morgan fingerprint density at radius 1 is 1.25 bits per heavy atom. The molecule has 0 aliphatic heterocycles. The lowest BCUT2D eigenvalue weighted by molar-refractivity contribution is -0.0328. The Kier molecular flexibility index (Phi) is 4.59. The third-order valence-electron chi connectivity index (χ3n) is 2.55. The molecule has 0 radical (unpaired) electrons. The Morgan fingerprint density at radius 3 is 2.40 bits per heavy atom. The Labute approximate surface area is 123 Å². The summed E-state index contributed by atoms with van der Waals surface area (Å²) in [6.07, 6.45) is 0. The van der Waals surface area contributed by atoms with Gasteiger partial charge in [0.25, 0.3) is 0 Å². The number of rotatable bonds is 4. The van der Waals surface area contributed by atoms with Gasteiger partial charge in [0, 0.05) is 16.0 Å². The Hall–Kier alpha value is -1.21. The van der Waals surface area contributed by atoms with Crippen molar-refractivity contribution in [1.29, 1.82) is 0 Å². The van der Waals surface area contributed by atoms with Crippen LogP contribution in [0.3, 0.4) is 0 Å². The van der Waals surface area contributed by atoms with E-state index in [1.54, 1.807) is 23.5 Å². The maximum absolute atomic E-state index is 12.2. The molecule has 0 aliphatic carbocycles. The van der Waals surface area contributed by atoms with Gasteiger partial charge in [0.15, 0.2) is 0 Å². The molecule has 20 heavy (non-hydrogen) atoms. The first-order chi connectivity index (χ1) is 9.33. The van der Waals surface area contributed by atoms with Gasteiger partial charge in [-0.2, -0.15) is 13.2 Å². The molecule has 1 N–H and O–H groups in total. The fraction of sp³-hybridized carbons (Fsp3) is 0.308. The number of nitrogens with one attached hydrogen (secondary N) is 1. The number of benzene rings is 1. The van der Waals surface area contributed by atoms with Crippen molar-refractivity contribution in [3.8, 4) is 0 Å². The number of aryl methyl sites for hydroxylation is 1. The van der Waals surface area contributed by atoms with Crippen LogP contribution < -0.4 is 5.32 Å². The number of nitrogens with zero attached hydrogens (tertiary/aromatic N) is 1. The SMILES string of the molecule is Cc1nc(C(C)Nc2ccc(SC(F)(F)F)cc2)cs1.